The predicted molar refractivity (Wildman–Crippen MR) is 114 cm³/mol. The molecule has 31 heavy (non-hydrogen) atoms. The Morgan fingerprint density at radius 1 is 1.39 bits per heavy atom. The van der Waals surface area contributed by atoms with Gasteiger partial charge < -0.3 is 20.6 Å². The van der Waals surface area contributed by atoms with Crippen molar-refractivity contribution in [2.45, 2.75) is 38.3 Å². The predicted octanol–water partition coefficient (Wildman–Crippen LogP) is 2.81. The number of anilines is 3. The molecular weight excluding hydrogens is 423 g/mol. The van der Waals surface area contributed by atoms with Crippen molar-refractivity contribution in [3.8, 4) is 0 Å². The quantitative estimate of drug-likeness (QED) is 0.626. The van der Waals surface area contributed by atoms with E-state index in [1.807, 2.05) is 4.90 Å². The zero-order chi connectivity index (χ0) is 21.9. The molecule has 3 aliphatic rings. The van der Waals surface area contributed by atoms with Crippen LogP contribution in [0.2, 0.25) is 5.02 Å². The summed E-state index contributed by atoms with van der Waals surface area (Å²) in [6.45, 7) is 4.88. The van der Waals surface area contributed by atoms with Gasteiger partial charge in [-0.25, -0.2) is 9.37 Å². The van der Waals surface area contributed by atoms with Gasteiger partial charge in [0.2, 0.25) is 11.9 Å². The minimum absolute atomic E-state index is 0.117. The zero-order valence-corrected chi connectivity index (χ0v) is 18.0. The van der Waals surface area contributed by atoms with Crippen LogP contribution in [0.5, 0.6) is 0 Å². The van der Waals surface area contributed by atoms with Gasteiger partial charge in [-0.3, -0.25) is 9.78 Å². The van der Waals surface area contributed by atoms with Gasteiger partial charge in [0.05, 0.1) is 40.4 Å². The van der Waals surface area contributed by atoms with Gasteiger partial charge in [0, 0.05) is 24.9 Å². The number of hydrogen-bond donors (Lipinski definition) is 3. The number of halogens is 2. The lowest BCUT2D eigenvalue weighted by Gasteiger charge is -2.25. The molecule has 0 aromatic carbocycles. The van der Waals surface area contributed by atoms with E-state index in [-0.39, 0.29) is 35.0 Å². The Kier molecular flexibility index (Phi) is 4.78. The van der Waals surface area contributed by atoms with Gasteiger partial charge in [0.25, 0.3) is 0 Å². The molecule has 3 N–H and O–H groups in total. The fourth-order valence-electron chi connectivity index (χ4n) is 4.60. The number of fused-ring (bicyclic) bond motifs is 1. The number of aromatic nitrogens is 3. The van der Waals surface area contributed by atoms with Crippen molar-refractivity contribution >= 4 is 35.0 Å². The van der Waals surface area contributed by atoms with E-state index in [4.69, 9.17) is 11.6 Å². The number of hydrogen-bond acceptors (Lipinski definition) is 7. The minimum atomic E-state index is -0.785. The first-order valence-corrected chi connectivity index (χ1v) is 10.9. The average Bonchev–Trinajstić information content (AvgIpc) is 3.61. The van der Waals surface area contributed by atoms with Gasteiger partial charge >= 0.3 is 0 Å². The SMILES string of the molecule is C[C@@H]1[C@@H]2CN(c3nc(Nc4cnc([C@@H](C)O)c(Cl)c4)ncc3F)C[C@]12NC(=O)C1CC1. The topological polar surface area (TPSA) is 103 Å². The summed E-state index contributed by atoms with van der Waals surface area (Å²) in [6, 6.07) is 1.61. The van der Waals surface area contributed by atoms with Crippen LogP contribution in [0.1, 0.15) is 38.5 Å². The van der Waals surface area contributed by atoms with Gasteiger partial charge in [-0.2, -0.15) is 4.98 Å². The number of aliphatic hydroxyl groups excluding tert-OH is 1. The lowest BCUT2D eigenvalue weighted by Crippen LogP contribution is -2.45. The van der Waals surface area contributed by atoms with Crippen LogP contribution in [0, 0.1) is 23.6 Å². The van der Waals surface area contributed by atoms with Crippen LogP contribution in [-0.2, 0) is 4.79 Å². The molecule has 2 aliphatic carbocycles. The number of carbonyl (C=O) groups excluding carboxylic acids is 1. The van der Waals surface area contributed by atoms with E-state index < -0.39 is 11.9 Å². The summed E-state index contributed by atoms with van der Waals surface area (Å²) in [4.78, 5) is 26.7. The van der Waals surface area contributed by atoms with Gasteiger partial charge in [-0.15, -0.1) is 0 Å². The first-order chi connectivity index (χ1) is 14.8. The monoisotopic (exact) mass is 446 g/mol. The van der Waals surface area contributed by atoms with E-state index >= 15 is 0 Å². The fraction of sp³-hybridized carbons (Fsp3) is 0.524. The number of carbonyl (C=O) groups is 1. The molecule has 4 atom stereocenters. The summed E-state index contributed by atoms with van der Waals surface area (Å²) in [6.07, 6.45) is 3.77. The molecule has 3 heterocycles. The van der Waals surface area contributed by atoms with E-state index in [0.29, 0.717) is 35.4 Å². The average molecular weight is 447 g/mol. The highest BCUT2D eigenvalue weighted by molar-refractivity contribution is 6.31. The third-order valence-corrected chi connectivity index (χ3v) is 6.99. The Morgan fingerprint density at radius 2 is 2.16 bits per heavy atom. The molecule has 0 bridgehead atoms. The number of nitrogens with zero attached hydrogens (tertiary/aromatic N) is 4. The van der Waals surface area contributed by atoms with Crippen molar-refractivity contribution in [1.82, 2.24) is 20.3 Å². The van der Waals surface area contributed by atoms with Crippen molar-refractivity contribution in [2.75, 3.05) is 23.3 Å². The summed E-state index contributed by atoms with van der Waals surface area (Å²) in [5.74, 6) is 0.826. The normalized spacial score (nSPS) is 27.6. The summed E-state index contributed by atoms with van der Waals surface area (Å²) in [5, 5.41) is 16.2. The van der Waals surface area contributed by atoms with Crippen molar-refractivity contribution in [3.05, 3.63) is 35.0 Å². The molecule has 1 aliphatic heterocycles. The first kappa shape index (κ1) is 20.4. The highest BCUT2D eigenvalue weighted by Crippen LogP contribution is 2.56. The van der Waals surface area contributed by atoms with Crippen LogP contribution in [0.3, 0.4) is 0 Å². The molecule has 3 fully saturated rings. The molecule has 2 saturated carbocycles. The highest BCUT2D eigenvalue weighted by atomic mass is 35.5. The molecule has 1 saturated heterocycles. The van der Waals surface area contributed by atoms with Crippen LogP contribution in [0.4, 0.5) is 21.8 Å². The number of amides is 1. The summed E-state index contributed by atoms with van der Waals surface area (Å²) in [5.41, 5.74) is 0.605. The van der Waals surface area contributed by atoms with Crippen LogP contribution in [-0.4, -0.2) is 44.6 Å². The van der Waals surface area contributed by atoms with Crippen molar-refractivity contribution in [3.63, 3.8) is 0 Å². The number of rotatable bonds is 6. The molecule has 5 rings (SSSR count). The summed E-state index contributed by atoms with van der Waals surface area (Å²) in [7, 11) is 0. The van der Waals surface area contributed by atoms with Gasteiger partial charge in [0.15, 0.2) is 11.6 Å². The fourth-order valence-corrected chi connectivity index (χ4v) is 4.93. The third kappa shape index (κ3) is 3.59. The smallest absolute Gasteiger partial charge is 0.229 e. The van der Waals surface area contributed by atoms with E-state index in [1.54, 1.807) is 13.0 Å². The molecule has 2 aromatic rings. The van der Waals surface area contributed by atoms with Crippen LogP contribution in [0.25, 0.3) is 0 Å². The number of aliphatic hydroxyl groups is 1. The maximum Gasteiger partial charge on any atom is 0.229 e. The van der Waals surface area contributed by atoms with Crippen molar-refractivity contribution in [2.24, 2.45) is 17.8 Å². The van der Waals surface area contributed by atoms with Crippen molar-refractivity contribution < 1.29 is 14.3 Å². The van der Waals surface area contributed by atoms with E-state index in [2.05, 4.69) is 32.5 Å². The van der Waals surface area contributed by atoms with Gasteiger partial charge in [-0.1, -0.05) is 18.5 Å². The Balaban J connectivity index is 1.33. The van der Waals surface area contributed by atoms with Crippen molar-refractivity contribution in [1.29, 1.82) is 0 Å². The van der Waals surface area contributed by atoms with Gasteiger partial charge in [0.1, 0.15) is 0 Å². The van der Waals surface area contributed by atoms with Gasteiger partial charge in [-0.05, 0) is 31.7 Å². The van der Waals surface area contributed by atoms with Crippen LogP contribution >= 0.6 is 11.6 Å². The first-order valence-electron chi connectivity index (χ1n) is 10.5. The lowest BCUT2D eigenvalue weighted by molar-refractivity contribution is -0.123. The molecule has 0 spiro atoms. The second-order valence-corrected chi connectivity index (χ2v) is 9.24. The molecule has 2 aromatic heterocycles. The Morgan fingerprint density at radius 3 is 2.84 bits per heavy atom. The summed E-state index contributed by atoms with van der Waals surface area (Å²) >= 11 is 6.16. The Labute approximate surface area is 184 Å². The number of nitrogens with one attached hydrogen (secondary N) is 2. The molecule has 8 nitrogen and oxygen atoms in total. The standard InChI is InChI=1S/C21H24ClFN6O2/c1-10-14-8-29(9-21(10,14)28-19(31)12-3-4-12)18-16(23)7-25-20(27-18)26-13-5-15(22)17(11(2)30)24-6-13/h5-7,10-12,14,30H,3-4,8-9H2,1-2H3,(H,28,31)(H,25,26,27)/t10-,11-,14+,21+/m1/s1. The molecule has 1 amide bonds. The molecule has 0 radical (unpaired) electrons. The van der Waals surface area contributed by atoms with Crippen LogP contribution < -0.4 is 15.5 Å². The maximum absolute atomic E-state index is 14.6. The van der Waals surface area contributed by atoms with E-state index in [0.717, 1.165) is 19.0 Å². The largest absolute Gasteiger partial charge is 0.387 e. The number of pyridine rings is 1. The highest BCUT2D eigenvalue weighted by Gasteiger charge is 2.68. The second-order valence-electron chi connectivity index (χ2n) is 8.84. The second kappa shape index (κ2) is 7.27. The zero-order valence-electron chi connectivity index (χ0n) is 17.3. The Bertz CT molecular complexity index is 1050. The van der Waals surface area contributed by atoms with Crippen LogP contribution in [0.15, 0.2) is 18.5 Å². The Hall–Kier alpha value is -2.52. The molecule has 10 heteroatoms. The van der Waals surface area contributed by atoms with E-state index in [9.17, 15) is 14.3 Å². The minimum Gasteiger partial charge on any atom is -0.387 e. The number of piperidine rings is 1. The third-order valence-electron chi connectivity index (χ3n) is 6.69. The van der Waals surface area contributed by atoms with E-state index in [1.165, 1.54) is 6.20 Å². The molecule has 164 valence electrons. The lowest BCUT2D eigenvalue weighted by atomic mass is 10.2. The summed E-state index contributed by atoms with van der Waals surface area (Å²) < 4.78 is 14.6. The molecule has 0 unspecified atom stereocenters. The maximum atomic E-state index is 14.6. The molecular formula is C21H24ClFN6O2.